The minimum absolute atomic E-state index is 0.0299. The number of halogens is 3. The molecule has 0 radical (unpaired) electrons. The number of nitrogens with zero attached hydrogens (tertiary/aromatic N) is 5. The fourth-order valence-electron chi connectivity index (χ4n) is 4.40. The van der Waals surface area contributed by atoms with Crippen LogP contribution >= 0.6 is 15.9 Å². The van der Waals surface area contributed by atoms with Crippen LogP contribution in [-0.2, 0) is 0 Å². The highest BCUT2D eigenvalue weighted by atomic mass is 79.9. The molecule has 1 aliphatic heterocycles. The third-order valence-electron chi connectivity index (χ3n) is 6.10. The maximum atomic E-state index is 14.7. The average Bonchev–Trinajstić information content (AvgIpc) is 3.51. The Bertz CT molecular complexity index is 1730. The summed E-state index contributed by atoms with van der Waals surface area (Å²) in [5, 5.41) is 4.36. The first-order valence-electron chi connectivity index (χ1n) is 11.4. The molecule has 8 nitrogen and oxygen atoms in total. The predicted molar refractivity (Wildman–Crippen MR) is 137 cm³/mol. The van der Waals surface area contributed by atoms with Crippen LogP contribution in [0, 0.1) is 11.6 Å². The van der Waals surface area contributed by atoms with E-state index in [-0.39, 0.29) is 33.6 Å². The van der Waals surface area contributed by atoms with Crippen molar-refractivity contribution in [1.29, 1.82) is 0 Å². The number of anilines is 1. The van der Waals surface area contributed by atoms with Gasteiger partial charge in [-0.15, -0.1) is 0 Å². The number of pyridine rings is 2. The summed E-state index contributed by atoms with van der Waals surface area (Å²) in [6.45, 7) is 1.71. The number of fused-ring (bicyclic) bond motifs is 2. The highest BCUT2D eigenvalue weighted by Gasteiger charge is 2.39. The summed E-state index contributed by atoms with van der Waals surface area (Å²) in [5.74, 6) is -3.24. The standard InChI is InChI=1S/C27H16BrF2N5O3/c1-14(23-20(7-8-22(28)32-23)34-10-4-9-31-34)38-21-12-15-11-16(29)13-19(30)24(15)33-25(21)35-26(36)17-5-2-3-6-18(17)27(35)37/h2-14H,1H3. The van der Waals surface area contributed by atoms with E-state index >= 15 is 0 Å². The van der Waals surface area contributed by atoms with Crippen LogP contribution in [0.2, 0.25) is 0 Å². The van der Waals surface area contributed by atoms with Gasteiger partial charge in [-0.1, -0.05) is 12.1 Å². The number of carbonyl (C=O) groups is 2. The summed E-state index contributed by atoms with van der Waals surface area (Å²) in [6.07, 6.45) is 2.60. The van der Waals surface area contributed by atoms with Gasteiger partial charge in [-0.2, -0.15) is 5.10 Å². The fraction of sp³-hybridized carbons (Fsp3) is 0.0741. The van der Waals surface area contributed by atoms with Gasteiger partial charge in [-0.3, -0.25) is 9.59 Å². The Balaban J connectivity index is 1.50. The number of aromatic nitrogens is 4. The number of hydrogen-bond acceptors (Lipinski definition) is 6. The van der Waals surface area contributed by atoms with E-state index in [1.165, 1.54) is 18.2 Å². The van der Waals surface area contributed by atoms with Crippen LogP contribution in [0.1, 0.15) is 39.4 Å². The van der Waals surface area contributed by atoms with E-state index in [2.05, 4.69) is 31.0 Å². The molecule has 3 aromatic heterocycles. The normalized spacial score (nSPS) is 13.7. The zero-order chi connectivity index (χ0) is 26.6. The average molecular weight is 576 g/mol. The molecule has 4 heterocycles. The van der Waals surface area contributed by atoms with Gasteiger partial charge in [0.15, 0.2) is 17.4 Å². The Morgan fingerprint density at radius 1 is 0.947 bits per heavy atom. The number of hydrogen-bond donors (Lipinski definition) is 0. The Labute approximate surface area is 222 Å². The van der Waals surface area contributed by atoms with Crippen LogP contribution in [0.4, 0.5) is 14.6 Å². The van der Waals surface area contributed by atoms with Gasteiger partial charge in [-0.05, 0) is 65.3 Å². The Morgan fingerprint density at radius 2 is 1.68 bits per heavy atom. The maximum Gasteiger partial charge on any atom is 0.267 e. The molecule has 1 aliphatic rings. The molecular weight excluding hydrogens is 560 g/mol. The molecule has 5 aromatic rings. The molecule has 2 aromatic carbocycles. The fourth-order valence-corrected chi connectivity index (χ4v) is 4.73. The molecule has 188 valence electrons. The molecule has 0 saturated heterocycles. The highest BCUT2D eigenvalue weighted by molar-refractivity contribution is 9.10. The van der Waals surface area contributed by atoms with Crippen molar-refractivity contribution in [2.24, 2.45) is 0 Å². The van der Waals surface area contributed by atoms with Crippen molar-refractivity contribution in [2.75, 3.05) is 4.90 Å². The maximum absolute atomic E-state index is 14.7. The van der Waals surface area contributed by atoms with E-state index < -0.39 is 29.6 Å². The van der Waals surface area contributed by atoms with Crippen molar-refractivity contribution in [1.82, 2.24) is 19.7 Å². The van der Waals surface area contributed by atoms with Crippen molar-refractivity contribution < 1.29 is 23.1 Å². The summed E-state index contributed by atoms with van der Waals surface area (Å²) in [5.41, 5.74) is 1.26. The molecule has 0 bridgehead atoms. The minimum atomic E-state index is -0.938. The second kappa shape index (κ2) is 9.10. The van der Waals surface area contributed by atoms with E-state index in [9.17, 15) is 18.4 Å². The number of rotatable bonds is 5. The Hall–Kier alpha value is -4.51. The Morgan fingerprint density at radius 3 is 2.37 bits per heavy atom. The SMILES string of the molecule is CC(Oc1cc2cc(F)cc(F)c2nc1N1C(=O)c2ccccc2C1=O)c1nc(Br)ccc1-n1cccn1. The molecule has 1 atom stereocenters. The first-order chi connectivity index (χ1) is 18.3. The van der Waals surface area contributed by atoms with Crippen LogP contribution in [0.5, 0.6) is 5.75 Å². The quantitative estimate of drug-likeness (QED) is 0.194. The van der Waals surface area contributed by atoms with Crippen molar-refractivity contribution in [3.8, 4) is 11.4 Å². The molecule has 0 saturated carbocycles. The van der Waals surface area contributed by atoms with Crippen molar-refractivity contribution in [2.45, 2.75) is 13.0 Å². The van der Waals surface area contributed by atoms with Gasteiger partial charge in [0.05, 0.1) is 16.8 Å². The summed E-state index contributed by atoms with van der Waals surface area (Å²) >= 11 is 3.37. The summed E-state index contributed by atoms with van der Waals surface area (Å²) < 4.78 is 37.2. The van der Waals surface area contributed by atoms with Gasteiger partial charge in [0.25, 0.3) is 11.8 Å². The second-order valence-electron chi connectivity index (χ2n) is 8.51. The number of amides is 2. The molecular formula is C27H16BrF2N5O3. The van der Waals surface area contributed by atoms with Crippen LogP contribution in [0.3, 0.4) is 0 Å². The van der Waals surface area contributed by atoms with E-state index in [0.717, 1.165) is 11.0 Å². The van der Waals surface area contributed by atoms with E-state index in [0.29, 0.717) is 22.1 Å². The van der Waals surface area contributed by atoms with E-state index in [1.54, 1.807) is 54.3 Å². The highest BCUT2D eigenvalue weighted by Crippen LogP contribution is 2.39. The smallest absolute Gasteiger partial charge is 0.267 e. The molecule has 1 unspecified atom stereocenters. The van der Waals surface area contributed by atoms with Gasteiger partial charge in [-0.25, -0.2) is 28.3 Å². The molecule has 2 amide bonds. The molecule has 0 fully saturated rings. The van der Waals surface area contributed by atoms with Crippen molar-refractivity contribution in [3.05, 3.63) is 106 Å². The topological polar surface area (TPSA) is 90.2 Å². The molecule has 0 N–H and O–H groups in total. The van der Waals surface area contributed by atoms with Gasteiger partial charge < -0.3 is 4.74 Å². The third kappa shape index (κ3) is 3.91. The first-order valence-corrected chi connectivity index (χ1v) is 12.2. The molecule has 0 spiro atoms. The van der Waals surface area contributed by atoms with E-state index in [1.807, 2.05) is 0 Å². The van der Waals surface area contributed by atoms with E-state index in [4.69, 9.17) is 4.74 Å². The lowest BCUT2D eigenvalue weighted by atomic mass is 10.1. The summed E-state index contributed by atoms with van der Waals surface area (Å²) in [7, 11) is 0. The number of benzene rings is 2. The number of carbonyl (C=O) groups excluding carboxylic acids is 2. The molecule has 0 aliphatic carbocycles. The van der Waals surface area contributed by atoms with Gasteiger partial charge in [0.1, 0.15) is 27.7 Å². The van der Waals surface area contributed by atoms with Gasteiger partial charge in [0.2, 0.25) is 0 Å². The van der Waals surface area contributed by atoms with Gasteiger partial charge in [0, 0.05) is 23.8 Å². The van der Waals surface area contributed by atoms with Crippen molar-refractivity contribution in [3.63, 3.8) is 0 Å². The zero-order valence-corrected chi connectivity index (χ0v) is 21.2. The number of ether oxygens (including phenoxy) is 1. The monoisotopic (exact) mass is 575 g/mol. The van der Waals surface area contributed by atoms with Gasteiger partial charge >= 0.3 is 0 Å². The predicted octanol–water partition coefficient (Wildman–Crippen LogP) is 5.80. The zero-order valence-electron chi connectivity index (χ0n) is 19.6. The van der Waals surface area contributed by atoms with Crippen LogP contribution in [0.25, 0.3) is 16.6 Å². The van der Waals surface area contributed by atoms with Crippen LogP contribution in [0.15, 0.2) is 77.7 Å². The molecule has 6 rings (SSSR count). The minimum Gasteiger partial charge on any atom is -0.480 e. The first kappa shape index (κ1) is 23.9. The number of imide groups is 1. The van der Waals surface area contributed by atoms with Crippen LogP contribution in [-0.4, -0.2) is 31.6 Å². The lowest BCUT2D eigenvalue weighted by Gasteiger charge is -2.22. The largest absolute Gasteiger partial charge is 0.480 e. The summed E-state index contributed by atoms with van der Waals surface area (Å²) in [6, 6.07) is 14.8. The lowest BCUT2D eigenvalue weighted by molar-refractivity contribution is 0.0922. The Kier molecular flexibility index (Phi) is 5.72. The summed E-state index contributed by atoms with van der Waals surface area (Å²) in [4.78, 5) is 36.2. The molecule has 38 heavy (non-hydrogen) atoms. The molecule has 11 heteroatoms. The van der Waals surface area contributed by atoms with Crippen LogP contribution < -0.4 is 9.64 Å². The second-order valence-corrected chi connectivity index (χ2v) is 9.32. The third-order valence-corrected chi connectivity index (χ3v) is 6.54. The lowest BCUT2D eigenvalue weighted by Crippen LogP contribution is -2.31. The van der Waals surface area contributed by atoms with Crippen molar-refractivity contribution >= 4 is 44.5 Å².